The number of anilines is 1. The van der Waals surface area contributed by atoms with E-state index in [-0.39, 0.29) is 27.6 Å². The molecule has 0 spiro atoms. The Kier molecular flexibility index (Phi) is 6.29. The van der Waals surface area contributed by atoms with Gasteiger partial charge in [-0.25, -0.2) is 12.8 Å². The highest BCUT2D eigenvalue weighted by molar-refractivity contribution is 7.92. The maximum Gasteiger partial charge on any atom is 0.262 e. The molecule has 5 nitrogen and oxygen atoms in total. The topological polar surface area (TPSA) is 75.3 Å². The Bertz CT molecular complexity index is 1120. The van der Waals surface area contributed by atoms with Gasteiger partial charge in [0.2, 0.25) is 0 Å². The van der Waals surface area contributed by atoms with Gasteiger partial charge in [0, 0.05) is 6.54 Å². The van der Waals surface area contributed by atoms with Gasteiger partial charge in [-0.15, -0.1) is 0 Å². The van der Waals surface area contributed by atoms with Crippen molar-refractivity contribution in [2.45, 2.75) is 18.2 Å². The van der Waals surface area contributed by atoms with Crippen molar-refractivity contribution in [3.8, 4) is 0 Å². The van der Waals surface area contributed by atoms with Gasteiger partial charge in [0.05, 0.1) is 16.1 Å². The SMILES string of the molecule is Cc1cc(F)ccc1S(=O)(=O)Nc1ccccc1C(=O)NCCc1ccccc1. The number of para-hydroxylation sites is 1. The number of hydrogen-bond donors (Lipinski definition) is 2. The Morgan fingerprint density at radius 3 is 2.38 bits per heavy atom. The van der Waals surface area contributed by atoms with E-state index >= 15 is 0 Å². The first-order chi connectivity index (χ1) is 13.9. The molecule has 2 N–H and O–H groups in total. The maximum atomic E-state index is 13.3. The van der Waals surface area contributed by atoms with E-state index in [1.54, 1.807) is 18.2 Å². The summed E-state index contributed by atoms with van der Waals surface area (Å²) < 4.78 is 41.2. The molecule has 0 fully saturated rings. The summed E-state index contributed by atoms with van der Waals surface area (Å²) in [6.45, 7) is 1.93. The number of sulfonamides is 1. The van der Waals surface area contributed by atoms with Crippen molar-refractivity contribution in [3.05, 3.63) is 95.3 Å². The van der Waals surface area contributed by atoms with Crippen LogP contribution < -0.4 is 10.0 Å². The second kappa shape index (κ2) is 8.87. The molecule has 0 radical (unpaired) electrons. The van der Waals surface area contributed by atoms with Crippen molar-refractivity contribution in [1.29, 1.82) is 0 Å². The van der Waals surface area contributed by atoms with Crippen LogP contribution in [0.1, 0.15) is 21.5 Å². The molecule has 0 aliphatic rings. The first-order valence-electron chi connectivity index (χ1n) is 9.07. The van der Waals surface area contributed by atoms with Crippen LogP contribution in [0.5, 0.6) is 0 Å². The lowest BCUT2D eigenvalue weighted by molar-refractivity contribution is 0.0955. The molecule has 0 bridgehead atoms. The number of carbonyl (C=O) groups is 1. The van der Waals surface area contributed by atoms with Crippen molar-refractivity contribution in [2.24, 2.45) is 0 Å². The van der Waals surface area contributed by atoms with Crippen molar-refractivity contribution in [1.82, 2.24) is 5.32 Å². The monoisotopic (exact) mass is 412 g/mol. The number of rotatable bonds is 7. The van der Waals surface area contributed by atoms with Crippen molar-refractivity contribution >= 4 is 21.6 Å². The molecular weight excluding hydrogens is 391 g/mol. The first kappa shape index (κ1) is 20.5. The van der Waals surface area contributed by atoms with Crippen molar-refractivity contribution in [2.75, 3.05) is 11.3 Å². The first-order valence-corrected chi connectivity index (χ1v) is 10.6. The van der Waals surface area contributed by atoms with E-state index in [4.69, 9.17) is 0 Å². The van der Waals surface area contributed by atoms with Crippen LogP contribution in [0.15, 0.2) is 77.7 Å². The van der Waals surface area contributed by atoms with Crippen LogP contribution in [0, 0.1) is 12.7 Å². The zero-order chi connectivity index (χ0) is 20.9. The van der Waals surface area contributed by atoms with Gasteiger partial charge in [-0.2, -0.15) is 0 Å². The number of aryl methyl sites for hydroxylation is 1. The normalized spacial score (nSPS) is 11.1. The summed E-state index contributed by atoms with van der Waals surface area (Å²) in [5.41, 5.74) is 1.74. The molecule has 3 aromatic carbocycles. The van der Waals surface area contributed by atoms with Crippen LogP contribution in [0.2, 0.25) is 0 Å². The van der Waals surface area contributed by atoms with Gasteiger partial charge in [0.25, 0.3) is 15.9 Å². The minimum atomic E-state index is -3.98. The highest BCUT2D eigenvalue weighted by atomic mass is 32.2. The van der Waals surface area contributed by atoms with Gasteiger partial charge < -0.3 is 5.32 Å². The Morgan fingerprint density at radius 2 is 1.66 bits per heavy atom. The fourth-order valence-electron chi connectivity index (χ4n) is 2.94. The zero-order valence-corrected chi connectivity index (χ0v) is 16.7. The molecule has 0 aromatic heterocycles. The Hall–Kier alpha value is -3.19. The van der Waals surface area contributed by atoms with Gasteiger partial charge in [0.1, 0.15) is 5.82 Å². The fourth-order valence-corrected chi connectivity index (χ4v) is 4.25. The molecule has 3 rings (SSSR count). The van der Waals surface area contributed by atoms with Gasteiger partial charge in [-0.05, 0) is 54.8 Å². The molecule has 3 aromatic rings. The van der Waals surface area contributed by atoms with Gasteiger partial charge in [-0.1, -0.05) is 42.5 Å². The maximum absolute atomic E-state index is 13.3. The van der Waals surface area contributed by atoms with Crippen LogP contribution in [0.25, 0.3) is 0 Å². The number of carbonyl (C=O) groups excluding carboxylic acids is 1. The summed E-state index contributed by atoms with van der Waals surface area (Å²) in [5, 5.41) is 2.81. The standard InChI is InChI=1S/C22H21FN2O3S/c1-16-15-18(23)11-12-21(16)29(27,28)25-20-10-6-5-9-19(20)22(26)24-14-13-17-7-3-2-4-8-17/h2-12,15,25H,13-14H2,1H3,(H,24,26). The van der Waals surface area contributed by atoms with E-state index in [0.717, 1.165) is 17.7 Å². The van der Waals surface area contributed by atoms with Crippen molar-refractivity contribution < 1.29 is 17.6 Å². The lowest BCUT2D eigenvalue weighted by atomic mass is 10.1. The average Bonchev–Trinajstić information content (AvgIpc) is 2.68. The largest absolute Gasteiger partial charge is 0.352 e. The molecule has 0 aliphatic heterocycles. The second-order valence-electron chi connectivity index (χ2n) is 6.55. The predicted molar refractivity (Wildman–Crippen MR) is 111 cm³/mol. The summed E-state index contributed by atoms with van der Waals surface area (Å²) in [6.07, 6.45) is 0.662. The van der Waals surface area contributed by atoms with Crippen LogP contribution in [0.3, 0.4) is 0 Å². The molecule has 1 amide bonds. The molecule has 0 heterocycles. The molecule has 0 atom stereocenters. The van der Waals surface area contributed by atoms with E-state index in [1.807, 2.05) is 30.3 Å². The molecule has 150 valence electrons. The average molecular weight is 412 g/mol. The number of amides is 1. The molecule has 0 saturated heterocycles. The summed E-state index contributed by atoms with van der Waals surface area (Å²) in [7, 11) is -3.98. The van der Waals surface area contributed by atoms with E-state index < -0.39 is 15.8 Å². The van der Waals surface area contributed by atoms with E-state index in [1.165, 1.54) is 19.1 Å². The quantitative estimate of drug-likeness (QED) is 0.618. The van der Waals surface area contributed by atoms with Crippen LogP contribution in [0.4, 0.5) is 10.1 Å². The third-order valence-corrected chi connectivity index (χ3v) is 5.91. The summed E-state index contributed by atoms with van der Waals surface area (Å²) in [4.78, 5) is 12.6. The Morgan fingerprint density at radius 1 is 0.966 bits per heavy atom. The number of nitrogens with one attached hydrogen (secondary N) is 2. The Labute approximate surface area is 169 Å². The summed E-state index contributed by atoms with van der Waals surface area (Å²) in [5.74, 6) is -0.894. The van der Waals surface area contributed by atoms with Gasteiger partial charge in [0.15, 0.2) is 0 Å². The Balaban J connectivity index is 1.75. The minimum Gasteiger partial charge on any atom is -0.352 e. The third-order valence-electron chi connectivity index (χ3n) is 4.38. The van der Waals surface area contributed by atoms with Gasteiger partial charge in [-0.3, -0.25) is 9.52 Å². The fraction of sp³-hybridized carbons (Fsp3) is 0.136. The number of hydrogen-bond acceptors (Lipinski definition) is 3. The molecular formula is C22H21FN2O3S. The number of benzene rings is 3. The predicted octanol–water partition coefficient (Wildman–Crippen LogP) is 3.91. The van der Waals surface area contributed by atoms with Crippen LogP contribution in [-0.2, 0) is 16.4 Å². The third kappa shape index (κ3) is 5.20. The van der Waals surface area contributed by atoms with E-state index in [0.29, 0.717) is 13.0 Å². The minimum absolute atomic E-state index is 0.0433. The molecule has 0 aliphatic carbocycles. The molecule has 7 heteroatoms. The molecule has 0 saturated carbocycles. The highest BCUT2D eigenvalue weighted by Gasteiger charge is 2.20. The van der Waals surface area contributed by atoms with Gasteiger partial charge >= 0.3 is 0 Å². The van der Waals surface area contributed by atoms with Crippen molar-refractivity contribution in [3.63, 3.8) is 0 Å². The lowest BCUT2D eigenvalue weighted by Gasteiger charge is -2.14. The number of halogens is 1. The summed E-state index contributed by atoms with van der Waals surface area (Å²) >= 11 is 0. The van der Waals surface area contributed by atoms with E-state index in [2.05, 4.69) is 10.0 Å². The highest BCUT2D eigenvalue weighted by Crippen LogP contribution is 2.22. The van der Waals surface area contributed by atoms with Crippen LogP contribution in [-0.4, -0.2) is 20.9 Å². The summed E-state index contributed by atoms with van der Waals surface area (Å²) in [6, 6.07) is 19.5. The molecule has 29 heavy (non-hydrogen) atoms. The zero-order valence-electron chi connectivity index (χ0n) is 15.9. The second-order valence-corrected chi connectivity index (χ2v) is 8.20. The van der Waals surface area contributed by atoms with E-state index in [9.17, 15) is 17.6 Å². The van der Waals surface area contributed by atoms with Crippen LogP contribution >= 0.6 is 0 Å². The smallest absolute Gasteiger partial charge is 0.262 e. The lowest BCUT2D eigenvalue weighted by Crippen LogP contribution is -2.27. The molecule has 0 unspecified atom stereocenters.